The number of rotatable bonds is 7. The summed E-state index contributed by atoms with van der Waals surface area (Å²) in [6.07, 6.45) is 12.2. The molecule has 3 aromatic carbocycles. The second-order valence-electron chi connectivity index (χ2n) is 15.2. The van der Waals surface area contributed by atoms with E-state index in [1.54, 1.807) is 6.07 Å². The summed E-state index contributed by atoms with van der Waals surface area (Å²) in [5, 5.41) is 25.8. The molecule has 4 saturated heterocycles. The lowest BCUT2D eigenvalue weighted by Crippen LogP contribution is -2.51. The Morgan fingerprint density at radius 2 is 1.92 bits per heavy atom. The molecule has 3 atom stereocenters. The lowest BCUT2D eigenvalue weighted by molar-refractivity contribution is 0.138. The third-order valence-corrected chi connectivity index (χ3v) is 11.7. The van der Waals surface area contributed by atoms with Crippen LogP contribution in [0.25, 0.3) is 32.8 Å². The van der Waals surface area contributed by atoms with Crippen molar-refractivity contribution in [2.75, 3.05) is 57.4 Å². The van der Waals surface area contributed by atoms with E-state index >= 15 is 8.78 Å². The van der Waals surface area contributed by atoms with E-state index < -0.39 is 11.6 Å². The van der Waals surface area contributed by atoms with Crippen LogP contribution in [0.1, 0.15) is 49.7 Å². The molecule has 50 heavy (non-hydrogen) atoms. The molecule has 1 aromatic heterocycles. The lowest BCUT2D eigenvalue weighted by atomic mass is 9.87. The van der Waals surface area contributed by atoms with Crippen molar-refractivity contribution in [1.29, 1.82) is 5.26 Å². The van der Waals surface area contributed by atoms with Crippen LogP contribution in [-0.2, 0) is 4.74 Å². The van der Waals surface area contributed by atoms with Gasteiger partial charge in [0.05, 0.1) is 30.4 Å². The van der Waals surface area contributed by atoms with Crippen LogP contribution in [0.15, 0.2) is 30.3 Å². The van der Waals surface area contributed by atoms with Gasteiger partial charge >= 0.3 is 6.01 Å². The number of likely N-dealkylation sites (tertiary alicyclic amines) is 1. The Hall–Kier alpha value is -4.55. The normalized spacial score (nSPS) is 25.4. The van der Waals surface area contributed by atoms with E-state index in [9.17, 15) is 10.4 Å². The zero-order chi connectivity index (χ0) is 34.2. The predicted octanol–water partition coefficient (Wildman–Crippen LogP) is 5.50. The largest absolute Gasteiger partial charge is 0.508 e. The average molecular weight is 677 g/mol. The number of halogens is 2. The Morgan fingerprint density at radius 1 is 1.10 bits per heavy atom. The maximum atomic E-state index is 17.2. The van der Waals surface area contributed by atoms with Gasteiger partial charge in [-0.15, -0.1) is 6.42 Å². The third-order valence-electron chi connectivity index (χ3n) is 11.7. The van der Waals surface area contributed by atoms with Crippen LogP contribution in [0.5, 0.6) is 11.8 Å². The number of nitrogens with zero attached hydrogens (tertiary/aromatic N) is 5. The lowest BCUT2D eigenvalue weighted by Gasteiger charge is -2.34. The number of terminal acetylenes is 1. The minimum Gasteiger partial charge on any atom is -0.508 e. The van der Waals surface area contributed by atoms with Crippen LogP contribution in [0.4, 0.5) is 14.6 Å². The van der Waals surface area contributed by atoms with Gasteiger partial charge in [0.2, 0.25) is 0 Å². The molecule has 5 fully saturated rings. The van der Waals surface area contributed by atoms with Crippen molar-refractivity contribution in [1.82, 2.24) is 20.2 Å². The Morgan fingerprint density at radius 3 is 2.64 bits per heavy atom. The number of piperazine rings is 1. The Bertz CT molecular complexity index is 2120. The van der Waals surface area contributed by atoms with Crippen molar-refractivity contribution in [3.63, 3.8) is 0 Å². The van der Waals surface area contributed by atoms with Crippen molar-refractivity contribution in [3.05, 3.63) is 53.1 Å². The van der Waals surface area contributed by atoms with E-state index in [2.05, 4.69) is 32.1 Å². The van der Waals surface area contributed by atoms with Gasteiger partial charge in [-0.3, -0.25) is 0 Å². The van der Waals surface area contributed by atoms with Gasteiger partial charge in [-0.25, -0.2) is 8.78 Å². The van der Waals surface area contributed by atoms with E-state index in [1.807, 2.05) is 0 Å². The molecule has 5 heterocycles. The van der Waals surface area contributed by atoms with E-state index in [0.717, 1.165) is 71.4 Å². The molecule has 2 N–H and O–H groups in total. The van der Waals surface area contributed by atoms with Crippen LogP contribution in [0.3, 0.4) is 0 Å². The highest BCUT2D eigenvalue weighted by Gasteiger charge is 2.49. The van der Waals surface area contributed by atoms with Crippen molar-refractivity contribution in [2.24, 2.45) is 10.8 Å². The predicted molar refractivity (Wildman–Crippen MR) is 185 cm³/mol. The SMILES string of the molecule is C#Cc1c(F)ccc2cc(O)cc(-c3c(C#N)cc4c(N5CC6CCC(C5)N6)nc(OCC5(CN6CCC7(CCOC7)C6)CC5)nc4c3F)c12. The van der Waals surface area contributed by atoms with Crippen LogP contribution >= 0.6 is 0 Å². The average Bonchev–Trinajstić information content (AvgIpc) is 3.36. The highest BCUT2D eigenvalue weighted by molar-refractivity contribution is 6.05. The fourth-order valence-electron chi connectivity index (χ4n) is 8.93. The van der Waals surface area contributed by atoms with E-state index in [4.69, 9.17) is 20.9 Å². The number of phenolic OH excluding ortho intramolecular Hbond substituents is 1. The molecule has 1 aliphatic carbocycles. The molecule has 1 spiro atoms. The number of fused-ring (bicyclic) bond motifs is 4. The fraction of sp³-hybridized carbons (Fsp3) is 0.462. The van der Waals surface area contributed by atoms with Crippen LogP contribution < -0.4 is 15.0 Å². The summed E-state index contributed by atoms with van der Waals surface area (Å²) in [6.45, 7) is 6.48. The quantitative estimate of drug-likeness (QED) is 0.246. The minimum atomic E-state index is -0.785. The van der Waals surface area contributed by atoms with Crippen LogP contribution in [-0.4, -0.2) is 84.6 Å². The summed E-state index contributed by atoms with van der Waals surface area (Å²) < 4.78 is 44.4. The summed E-state index contributed by atoms with van der Waals surface area (Å²) >= 11 is 0. The standard InChI is InChI=1S/C39H38F2N6O3/c1-2-28-31(40)6-3-23-13-27(48)15-29(32(23)28)33-24(16-42)14-30-35(34(33)41)44-37(45-36(30)47-17-25-4-5-26(18-47)43-25)50-22-38(7-8-38)19-46-11-9-39(20-46)10-12-49-21-39/h1,3,6,13-15,25-26,43,48H,4-5,7-12,17-22H2. The molecule has 4 aliphatic heterocycles. The van der Waals surface area contributed by atoms with Gasteiger partial charge in [0.15, 0.2) is 5.82 Å². The Kier molecular flexibility index (Phi) is 7.40. The number of phenols is 1. The van der Waals surface area contributed by atoms with Crippen molar-refractivity contribution >= 4 is 27.5 Å². The van der Waals surface area contributed by atoms with Crippen LogP contribution in [0, 0.1) is 46.1 Å². The fourth-order valence-corrected chi connectivity index (χ4v) is 8.93. The molecule has 256 valence electrons. The van der Waals surface area contributed by atoms with Gasteiger partial charge < -0.3 is 29.7 Å². The Balaban J connectivity index is 1.13. The number of anilines is 1. The Labute approximate surface area is 289 Å². The first kappa shape index (κ1) is 31.4. The number of hydrogen-bond acceptors (Lipinski definition) is 9. The third kappa shape index (κ3) is 5.31. The number of nitrogens with one attached hydrogen (secondary N) is 1. The minimum absolute atomic E-state index is 0.00117. The second kappa shape index (κ2) is 11.8. The number of nitriles is 1. The number of aromatic hydroxyl groups is 1. The van der Waals surface area contributed by atoms with Gasteiger partial charge in [-0.1, -0.05) is 12.0 Å². The highest BCUT2D eigenvalue weighted by atomic mass is 19.1. The van der Waals surface area contributed by atoms with Crippen LogP contribution in [0.2, 0.25) is 0 Å². The number of aromatic nitrogens is 2. The zero-order valence-electron chi connectivity index (χ0n) is 27.8. The summed E-state index contributed by atoms with van der Waals surface area (Å²) in [5.41, 5.74) is 0.175. The molecule has 1 saturated carbocycles. The number of ether oxygens (including phenoxy) is 2. The first-order chi connectivity index (χ1) is 24.3. The van der Waals surface area contributed by atoms with Crippen molar-refractivity contribution in [3.8, 4) is 41.3 Å². The number of hydrogen-bond donors (Lipinski definition) is 2. The topological polar surface area (TPSA) is 107 Å². The molecule has 2 bridgehead atoms. The number of benzene rings is 3. The first-order valence-corrected chi connectivity index (χ1v) is 17.6. The molecular weight excluding hydrogens is 638 g/mol. The van der Waals surface area contributed by atoms with E-state index in [-0.39, 0.29) is 67.8 Å². The van der Waals surface area contributed by atoms with Gasteiger partial charge in [0.1, 0.15) is 22.9 Å². The molecule has 3 unspecified atom stereocenters. The van der Waals surface area contributed by atoms with Gasteiger partial charge in [0, 0.05) is 72.0 Å². The molecule has 9 rings (SSSR count). The van der Waals surface area contributed by atoms with Gasteiger partial charge in [-0.2, -0.15) is 15.2 Å². The maximum absolute atomic E-state index is 17.2. The monoisotopic (exact) mass is 676 g/mol. The maximum Gasteiger partial charge on any atom is 0.319 e. The van der Waals surface area contributed by atoms with Crippen molar-refractivity contribution in [2.45, 2.75) is 50.6 Å². The molecule has 0 radical (unpaired) electrons. The second-order valence-corrected chi connectivity index (χ2v) is 15.2. The van der Waals surface area contributed by atoms with Gasteiger partial charge in [-0.05, 0) is 80.3 Å². The smallest absolute Gasteiger partial charge is 0.319 e. The molecule has 0 amide bonds. The summed E-state index contributed by atoms with van der Waals surface area (Å²) in [7, 11) is 0. The molecule has 9 nitrogen and oxygen atoms in total. The summed E-state index contributed by atoms with van der Waals surface area (Å²) in [4.78, 5) is 14.3. The summed E-state index contributed by atoms with van der Waals surface area (Å²) in [6, 6.07) is 9.82. The molecule has 5 aliphatic rings. The highest BCUT2D eigenvalue weighted by Crippen LogP contribution is 2.49. The van der Waals surface area contributed by atoms with E-state index in [1.165, 1.54) is 24.3 Å². The summed E-state index contributed by atoms with van der Waals surface area (Å²) in [5.74, 6) is 1.29. The first-order valence-electron chi connectivity index (χ1n) is 17.6. The zero-order valence-corrected chi connectivity index (χ0v) is 27.8. The van der Waals surface area contributed by atoms with Crippen molar-refractivity contribution < 1.29 is 23.4 Å². The molecule has 11 heteroatoms. The molecule has 4 aromatic rings. The van der Waals surface area contributed by atoms with Gasteiger partial charge in [0.25, 0.3) is 0 Å². The molecular formula is C39H38F2N6O3. The van der Waals surface area contributed by atoms with E-state index in [0.29, 0.717) is 36.3 Å².